The molecule has 4 rings (SSSR count). The highest BCUT2D eigenvalue weighted by atomic mass is 28.5. The molecule has 632 valence electrons. The maximum atomic E-state index is 7.26. The Labute approximate surface area is 673 Å². The Kier molecular flexibility index (Phi) is 48.8. The van der Waals surface area contributed by atoms with Crippen molar-refractivity contribution in [3.63, 3.8) is 0 Å². The molecule has 0 N–H and O–H groups in total. The molecule has 4 aromatic carbocycles. The number of rotatable bonds is 64. The van der Waals surface area contributed by atoms with Crippen molar-refractivity contribution in [1.82, 2.24) is 0 Å². The minimum absolute atomic E-state index is 0.139. The predicted octanol–water partition coefficient (Wildman–Crippen LogP) is 12.4. The van der Waals surface area contributed by atoms with Crippen LogP contribution in [0.1, 0.15) is 123 Å². The van der Waals surface area contributed by atoms with Gasteiger partial charge < -0.3 is 108 Å². The van der Waals surface area contributed by atoms with Crippen molar-refractivity contribution in [1.29, 1.82) is 0 Å². The Balaban J connectivity index is 0.000000589. The molecule has 0 bridgehead atoms. The predicted molar refractivity (Wildman–Crippen MR) is 452 cm³/mol. The van der Waals surface area contributed by atoms with Crippen LogP contribution in [0.25, 0.3) is 0 Å². The van der Waals surface area contributed by atoms with E-state index in [9.17, 15) is 0 Å². The van der Waals surface area contributed by atoms with Gasteiger partial charge in [0.15, 0.2) is 16.6 Å². The third kappa shape index (κ3) is 35.5. The molecule has 27 nitrogen and oxygen atoms in total. The fraction of sp³-hybridized carbons (Fsp3) is 0.662. The quantitative estimate of drug-likeness (QED) is 0.0172. The van der Waals surface area contributed by atoms with E-state index < -0.39 is 105 Å². The van der Waals surface area contributed by atoms with Crippen molar-refractivity contribution in [2.75, 3.05) is 125 Å². The molecule has 0 saturated heterocycles. The summed E-state index contributed by atoms with van der Waals surface area (Å²) in [6.45, 7) is 52.0. The second-order valence-corrected chi connectivity index (χ2v) is 63.6. The zero-order valence-electron chi connectivity index (χ0n) is 70.8. The van der Waals surface area contributed by atoms with Gasteiger partial charge in [-0.3, -0.25) is 0 Å². The number of hydrogen-bond acceptors (Lipinski definition) is 27. The van der Waals surface area contributed by atoms with E-state index in [4.69, 9.17) is 118 Å². The summed E-state index contributed by atoms with van der Waals surface area (Å²) in [5, 5.41) is 3.89. The molecule has 0 aliphatic heterocycles. The minimum Gasteiger partial charge on any atom is -0.437 e. The Morgan fingerprint density at radius 2 is 0.500 bits per heavy atom. The molecule has 1 atom stereocenters. The smallest absolute Gasteiger partial charge is 0.437 e. The first-order chi connectivity index (χ1) is 52.3. The van der Waals surface area contributed by atoms with Gasteiger partial charge in [0.2, 0.25) is 0 Å². The molecule has 0 radical (unpaired) electrons. The molecule has 0 aliphatic rings. The molecular weight excluding hydrogens is 1620 g/mol. The summed E-state index contributed by atoms with van der Waals surface area (Å²) in [7, 11) is -39.6. The lowest BCUT2D eigenvalue weighted by atomic mass is 10.2. The van der Waals surface area contributed by atoms with E-state index in [2.05, 4.69) is 89.7 Å². The van der Waals surface area contributed by atoms with Gasteiger partial charge in [0.05, 0.1) is 6.61 Å². The highest BCUT2D eigenvalue weighted by Crippen LogP contribution is 2.32. The van der Waals surface area contributed by atoms with Crippen LogP contribution in [0.2, 0.25) is 65.5 Å². The third-order valence-corrected chi connectivity index (χ3v) is 53.5. The average Bonchev–Trinajstić information content (AvgIpc) is 0.777. The molecule has 0 spiro atoms. The second-order valence-electron chi connectivity index (χ2n) is 26.9. The Hall–Kier alpha value is -1.60. The van der Waals surface area contributed by atoms with Gasteiger partial charge in [-0.15, -0.1) is 0 Å². The van der Waals surface area contributed by atoms with Crippen LogP contribution in [0.15, 0.2) is 121 Å². The summed E-state index contributed by atoms with van der Waals surface area (Å²) in [4.78, 5) is 6.02. The Morgan fingerprint density at radius 1 is 0.227 bits per heavy atom. The van der Waals surface area contributed by atoms with E-state index in [1.165, 1.54) is 0 Å². The monoisotopic (exact) mass is 1760 g/mol. The summed E-state index contributed by atoms with van der Waals surface area (Å²) in [5.74, 6) is 0. The Morgan fingerprint density at radius 3 is 0.836 bits per heavy atom. The fourth-order valence-electron chi connectivity index (χ4n) is 11.5. The average molecular weight is 1760 g/mol. The lowest BCUT2D eigenvalue weighted by molar-refractivity contribution is -0.225. The van der Waals surface area contributed by atoms with E-state index in [-0.39, 0.29) is 72.3 Å². The van der Waals surface area contributed by atoms with Crippen LogP contribution in [0, 0.1) is 0 Å². The first-order valence-electron chi connectivity index (χ1n) is 39.3. The van der Waals surface area contributed by atoms with Gasteiger partial charge in [-0.05, 0) is 209 Å². The Bertz CT molecular complexity index is 2840. The van der Waals surface area contributed by atoms with E-state index in [0.717, 1.165) is 33.6 Å². The van der Waals surface area contributed by atoms with Crippen LogP contribution in [0.3, 0.4) is 0 Å². The van der Waals surface area contributed by atoms with Crippen LogP contribution in [0.4, 0.5) is 0 Å². The van der Waals surface area contributed by atoms with Crippen molar-refractivity contribution >= 4 is 126 Å². The van der Waals surface area contributed by atoms with E-state index in [1.54, 1.807) is 13.8 Å². The normalized spacial score (nSPS) is 13.9. The summed E-state index contributed by atoms with van der Waals surface area (Å²) in [5.41, 5.74) is 0. The number of hydrogen-bond donors (Lipinski definition) is 0. The highest BCUT2D eigenvalue weighted by molar-refractivity contribution is 6.99. The van der Waals surface area contributed by atoms with Gasteiger partial charge in [-0.25, -0.2) is 9.46 Å². The SMILES string of the molecule is CCO[Si](COCCCO[Si](O[Si](C)(C)O[Si](C)(C)C)(c1ccccc1)c1ccccc1)(O[Si](OCC)(OCC)OCC)O[Si](OCC)(OCC)O[Si](OCC)(OCC)OCC.CCO[Si](OCC)(OCC)O[Si](OCC)(OCC)OCCCCCOO[Si](O[Si](C)(C)O[Si](C)(C)C)(c1ccccc1)c1ccccc1. The van der Waals surface area contributed by atoms with Gasteiger partial charge in [0.25, 0.3) is 0 Å². The topological polar surface area (TPSA) is 249 Å². The molecule has 0 aromatic heterocycles. The summed E-state index contributed by atoms with van der Waals surface area (Å²) < 4.78 is 167. The zero-order chi connectivity index (χ0) is 81.8. The lowest BCUT2D eigenvalue weighted by Gasteiger charge is -2.41. The molecule has 0 amide bonds. The van der Waals surface area contributed by atoms with E-state index >= 15 is 0 Å². The molecule has 0 saturated carbocycles. The van der Waals surface area contributed by atoms with Crippen LogP contribution in [0.5, 0.6) is 0 Å². The van der Waals surface area contributed by atoms with Gasteiger partial charge in [0, 0.05) is 112 Å². The number of ether oxygens (including phenoxy) is 1. The largest absolute Gasteiger partial charge is 0.673 e. The number of unbranched alkanes of at least 4 members (excludes halogenated alkanes) is 2. The summed E-state index contributed by atoms with van der Waals surface area (Å²) >= 11 is 0. The minimum atomic E-state index is -4.37. The third-order valence-electron chi connectivity index (χ3n) is 14.4. The highest BCUT2D eigenvalue weighted by Gasteiger charge is 2.68. The van der Waals surface area contributed by atoms with Crippen LogP contribution < -0.4 is 20.7 Å². The summed E-state index contributed by atoms with van der Waals surface area (Å²) in [6.07, 6.45) is 2.55. The maximum absolute atomic E-state index is 7.26. The molecule has 39 heteroatoms. The van der Waals surface area contributed by atoms with E-state index in [0.29, 0.717) is 65.7 Å². The van der Waals surface area contributed by atoms with Crippen LogP contribution in [-0.4, -0.2) is 230 Å². The second kappa shape index (κ2) is 52.4. The van der Waals surface area contributed by atoms with Gasteiger partial charge in [-0.1, -0.05) is 121 Å². The number of benzene rings is 4. The molecule has 0 aliphatic carbocycles. The van der Waals surface area contributed by atoms with Gasteiger partial charge in [-0.2, -0.15) is 0 Å². The van der Waals surface area contributed by atoms with Gasteiger partial charge >= 0.3 is 88.3 Å². The molecule has 4 aromatic rings. The first kappa shape index (κ1) is 103. The standard InChI is InChI=1S/C39H78O16Si7.C32H60O11Si5/c1-15-41-58(53-60(42-16-2,43-17-3)44-18-4,54-62(48-22-8,49-23-9)55-61(45-19-5,46-20-6)47-21-7)37-40-35-30-36-50-59(38-31-26-24-27-32-38,39-33-28-25-29-34-39)52-57(13,14)51-56(10,11)12;1-11-34-47(35-12-2,36-13-3)43-48(37-14-4,38-15-5)39-30-24-18-23-29-33-40-46(31-25-19-16-20-26-31,32-27-21-17-22-28-32)42-45(9,10)41-44(6,7)8/h24-29,31-34H,15-23,30,35-37H2,1-14H3;16-17,19-22,25-28H,11-15,18,23-24,29-30H2,1-10H3. The zero-order valence-corrected chi connectivity index (χ0v) is 82.8. The van der Waals surface area contributed by atoms with E-state index in [1.807, 2.05) is 180 Å². The van der Waals surface area contributed by atoms with Crippen molar-refractivity contribution in [2.45, 2.75) is 188 Å². The molecule has 1 unspecified atom stereocenters. The lowest BCUT2D eigenvalue weighted by Crippen LogP contribution is -2.71. The van der Waals surface area contributed by atoms with Crippen molar-refractivity contribution in [3.8, 4) is 0 Å². The molecule has 0 fully saturated rings. The molecule has 110 heavy (non-hydrogen) atoms. The van der Waals surface area contributed by atoms with Crippen molar-refractivity contribution < 1.29 is 118 Å². The first-order valence-corrected chi connectivity index (χ1v) is 65.5. The van der Waals surface area contributed by atoms with Crippen molar-refractivity contribution in [3.05, 3.63) is 121 Å². The molecule has 0 heterocycles. The molecular formula is C71H138O27Si12. The van der Waals surface area contributed by atoms with Crippen molar-refractivity contribution in [2.24, 2.45) is 0 Å². The van der Waals surface area contributed by atoms with Crippen LogP contribution in [-0.2, 0) is 118 Å². The van der Waals surface area contributed by atoms with Gasteiger partial charge in [0.1, 0.15) is 6.23 Å². The summed E-state index contributed by atoms with van der Waals surface area (Å²) in [6, 6.07) is 40.5. The fourth-order valence-corrected chi connectivity index (χ4v) is 54.8. The maximum Gasteiger partial charge on any atom is 0.673 e. The van der Waals surface area contributed by atoms with Crippen LogP contribution >= 0.6 is 0 Å².